The topological polar surface area (TPSA) is 58.5 Å². The van der Waals surface area contributed by atoms with Gasteiger partial charge >= 0.3 is 0 Å². The number of hydrogen-bond donors (Lipinski definition) is 2. The van der Waals surface area contributed by atoms with Crippen LogP contribution in [0.5, 0.6) is 5.75 Å². The van der Waals surface area contributed by atoms with Crippen molar-refractivity contribution in [2.24, 2.45) is 4.99 Å². The number of pyridine rings is 1. The highest BCUT2D eigenvalue weighted by Crippen LogP contribution is 2.16. The normalized spacial score (nSPS) is 12.5. The second kappa shape index (κ2) is 10.6. The molecule has 26 heavy (non-hydrogen) atoms. The van der Waals surface area contributed by atoms with Gasteiger partial charge in [-0.2, -0.15) is 0 Å². The van der Waals surface area contributed by atoms with Gasteiger partial charge in [0.05, 0.1) is 6.54 Å². The summed E-state index contributed by atoms with van der Waals surface area (Å²) in [7, 11) is 0. The summed E-state index contributed by atoms with van der Waals surface area (Å²) in [6.07, 6.45) is 2.32. The van der Waals surface area contributed by atoms with Gasteiger partial charge in [-0.1, -0.05) is 29.8 Å². The van der Waals surface area contributed by atoms with Crippen LogP contribution in [-0.2, 0) is 6.42 Å². The molecule has 1 atom stereocenters. The molecule has 2 aromatic rings. The Hall–Kier alpha value is -2.34. The summed E-state index contributed by atoms with van der Waals surface area (Å²) in [5.41, 5.74) is 1.09. The molecule has 0 bridgehead atoms. The first-order valence-corrected chi connectivity index (χ1v) is 9.00. The Balaban J connectivity index is 1.83. The van der Waals surface area contributed by atoms with E-state index < -0.39 is 0 Å². The van der Waals surface area contributed by atoms with Gasteiger partial charge in [-0.3, -0.25) is 0 Å². The number of aromatic nitrogens is 1. The lowest BCUT2D eigenvalue weighted by Gasteiger charge is -2.15. The molecule has 0 fully saturated rings. The molecule has 7 heteroatoms. The lowest BCUT2D eigenvalue weighted by molar-refractivity contribution is 0.220. The van der Waals surface area contributed by atoms with E-state index in [4.69, 9.17) is 16.3 Å². The number of guanidine groups is 1. The molecular formula is C19H24ClFN4O. The highest BCUT2D eigenvalue weighted by molar-refractivity contribution is 6.29. The van der Waals surface area contributed by atoms with Crippen molar-refractivity contribution < 1.29 is 9.13 Å². The fourth-order valence-electron chi connectivity index (χ4n) is 2.24. The number of rotatable bonds is 8. The van der Waals surface area contributed by atoms with E-state index in [1.165, 1.54) is 6.07 Å². The summed E-state index contributed by atoms with van der Waals surface area (Å²) in [5.74, 6) is 0.562. The number of halogens is 2. The third-order valence-corrected chi connectivity index (χ3v) is 3.73. The molecule has 5 nitrogen and oxygen atoms in total. The van der Waals surface area contributed by atoms with E-state index in [1.54, 1.807) is 30.5 Å². The quantitative estimate of drug-likeness (QED) is 0.419. The maximum Gasteiger partial charge on any atom is 0.191 e. The van der Waals surface area contributed by atoms with Gasteiger partial charge in [-0.15, -0.1) is 0 Å². The molecule has 0 radical (unpaired) electrons. The zero-order valence-electron chi connectivity index (χ0n) is 15.0. The van der Waals surface area contributed by atoms with Crippen LogP contribution in [0.2, 0.25) is 5.15 Å². The third-order valence-electron chi connectivity index (χ3n) is 3.51. The lowest BCUT2D eigenvalue weighted by atomic mass is 10.2. The Morgan fingerprint density at radius 2 is 2.08 bits per heavy atom. The van der Waals surface area contributed by atoms with Crippen molar-refractivity contribution in [3.8, 4) is 5.75 Å². The Labute approximate surface area is 158 Å². The molecule has 1 heterocycles. The van der Waals surface area contributed by atoms with Crippen molar-refractivity contribution in [2.45, 2.75) is 26.4 Å². The first-order chi connectivity index (χ1) is 12.6. The van der Waals surface area contributed by atoms with Crippen molar-refractivity contribution in [1.29, 1.82) is 0 Å². The highest BCUT2D eigenvalue weighted by atomic mass is 35.5. The van der Waals surface area contributed by atoms with Crippen LogP contribution >= 0.6 is 11.6 Å². The molecular weight excluding hydrogens is 355 g/mol. The number of benzene rings is 1. The van der Waals surface area contributed by atoms with Crippen LogP contribution < -0.4 is 15.4 Å². The summed E-state index contributed by atoms with van der Waals surface area (Å²) in [6, 6.07) is 10.1. The highest BCUT2D eigenvalue weighted by Gasteiger charge is 2.08. The van der Waals surface area contributed by atoms with Crippen LogP contribution in [0.1, 0.15) is 19.4 Å². The van der Waals surface area contributed by atoms with E-state index in [9.17, 15) is 4.39 Å². The smallest absolute Gasteiger partial charge is 0.191 e. The number of aliphatic imine (C=N–C) groups is 1. The fraction of sp³-hybridized carbons (Fsp3) is 0.368. The zero-order valence-corrected chi connectivity index (χ0v) is 15.8. The van der Waals surface area contributed by atoms with Gasteiger partial charge in [-0.25, -0.2) is 14.4 Å². The first-order valence-electron chi connectivity index (χ1n) is 8.62. The maximum absolute atomic E-state index is 13.6. The Morgan fingerprint density at radius 3 is 2.77 bits per heavy atom. The molecule has 0 amide bonds. The van der Waals surface area contributed by atoms with Crippen LogP contribution in [0.25, 0.3) is 0 Å². The molecule has 1 unspecified atom stereocenters. The zero-order chi connectivity index (χ0) is 18.8. The van der Waals surface area contributed by atoms with Gasteiger partial charge in [0.15, 0.2) is 17.5 Å². The summed E-state index contributed by atoms with van der Waals surface area (Å²) < 4.78 is 19.2. The molecule has 2 rings (SSSR count). The van der Waals surface area contributed by atoms with Gasteiger partial charge in [-0.05, 0) is 44.0 Å². The van der Waals surface area contributed by atoms with Crippen LogP contribution in [0.3, 0.4) is 0 Å². The maximum atomic E-state index is 13.6. The van der Waals surface area contributed by atoms with Crippen LogP contribution in [0.15, 0.2) is 47.6 Å². The summed E-state index contributed by atoms with van der Waals surface area (Å²) in [5, 5.41) is 6.93. The molecule has 0 aliphatic rings. The van der Waals surface area contributed by atoms with E-state index in [2.05, 4.69) is 20.6 Å². The van der Waals surface area contributed by atoms with Crippen LogP contribution in [0.4, 0.5) is 4.39 Å². The average Bonchev–Trinajstić information content (AvgIpc) is 2.63. The van der Waals surface area contributed by atoms with Crippen molar-refractivity contribution in [1.82, 2.24) is 15.6 Å². The minimum atomic E-state index is -0.370. The van der Waals surface area contributed by atoms with Crippen LogP contribution in [-0.4, -0.2) is 36.7 Å². The van der Waals surface area contributed by atoms with Gasteiger partial charge < -0.3 is 15.4 Å². The Morgan fingerprint density at radius 1 is 1.27 bits per heavy atom. The van der Waals surface area contributed by atoms with E-state index in [-0.39, 0.29) is 17.7 Å². The van der Waals surface area contributed by atoms with Gasteiger partial charge in [0.1, 0.15) is 11.3 Å². The summed E-state index contributed by atoms with van der Waals surface area (Å²) >= 11 is 5.78. The molecule has 0 saturated carbocycles. The van der Waals surface area contributed by atoms with Crippen molar-refractivity contribution in [2.75, 3.05) is 19.6 Å². The van der Waals surface area contributed by atoms with Gasteiger partial charge in [0.25, 0.3) is 0 Å². The minimum Gasteiger partial charge on any atom is -0.486 e. The monoisotopic (exact) mass is 378 g/mol. The Bertz CT molecular complexity index is 709. The molecule has 140 valence electrons. The molecule has 1 aromatic heterocycles. The molecule has 0 saturated heterocycles. The largest absolute Gasteiger partial charge is 0.486 e. The van der Waals surface area contributed by atoms with Crippen LogP contribution in [0, 0.1) is 5.82 Å². The number of nitrogens with one attached hydrogen (secondary N) is 2. The van der Waals surface area contributed by atoms with Crippen molar-refractivity contribution >= 4 is 17.6 Å². The standard InChI is InChI=1S/C19H24ClFN4O/c1-3-22-19(23-11-10-15-8-9-18(20)24-13-15)25-12-14(2)26-17-7-5-4-6-16(17)21/h4-9,13-14H,3,10-12H2,1-2H3,(H2,22,23,25). The number of para-hydroxylation sites is 1. The van der Waals surface area contributed by atoms with E-state index in [0.717, 1.165) is 18.5 Å². The summed E-state index contributed by atoms with van der Waals surface area (Å²) in [4.78, 5) is 8.56. The van der Waals surface area contributed by atoms with Gasteiger partial charge in [0, 0.05) is 19.3 Å². The molecule has 1 aromatic carbocycles. The van der Waals surface area contributed by atoms with E-state index >= 15 is 0 Å². The SMILES string of the molecule is CCNC(=NCC(C)Oc1ccccc1F)NCCc1ccc(Cl)nc1. The molecule has 0 aliphatic carbocycles. The number of hydrogen-bond acceptors (Lipinski definition) is 3. The first kappa shape index (κ1) is 20.0. The predicted molar refractivity (Wildman–Crippen MR) is 103 cm³/mol. The lowest BCUT2D eigenvalue weighted by Crippen LogP contribution is -2.39. The predicted octanol–water partition coefficient (Wildman–Crippen LogP) is 3.44. The fourth-order valence-corrected chi connectivity index (χ4v) is 2.35. The second-order valence-electron chi connectivity index (χ2n) is 5.74. The molecule has 0 aliphatic heterocycles. The molecule has 2 N–H and O–H groups in total. The molecule has 0 spiro atoms. The second-order valence-corrected chi connectivity index (χ2v) is 6.13. The van der Waals surface area contributed by atoms with Gasteiger partial charge in [0.2, 0.25) is 0 Å². The third kappa shape index (κ3) is 6.88. The van der Waals surface area contributed by atoms with Crippen molar-refractivity contribution in [3.63, 3.8) is 0 Å². The Kier molecular flexibility index (Phi) is 8.15. The number of ether oxygens (including phenoxy) is 1. The van der Waals surface area contributed by atoms with Crippen molar-refractivity contribution in [3.05, 3.63) is 59.1 Å². The van der Waals surface area contributed by atoms with E-state index in [1.807, 2.05) is 19.9 Å². The number of nitrogens with zero attached hydrogens (tertiary/aromatic N) is 2. The average molecular weight is 379 g/mol. The summed E-state index contributed by atoms with van der Waals surface area (Å²) in [6.45, 7) is 5.72. The minimum absolute atomic E-state index is 0.239. The van der Waals surface area contributed by atoms with E-state index in [0.29, 0.717) is 24.2 Å².